The first kappa shape index (κ1) is 16.5. The van der Waals surface area contributed by atoms with Gasteiger partial charge in [0, 0.05) is 6.54 Å². The van der Waals surface area contributed by atoms with Gasteiger partial charge < -0.3 is 15.2 Å². The summed E-state index contributed by atoms with van der Waals surface area (Å²) in [5, 5.41) is 11.6. The van der Waals surface area contributed by atoms with Crippen LogP contribution >= 0.6 is 0 Å². The molecule has 2 rings (SSSR count). The summed E-state index contributed by atoms with van der Waals surface area (Å²) in [4.78, 5) is 22.7. The maximum atomic E-state index is 11.8. The predicted octanol–water partition coefficient (Wildman–Crippen LogP) is 2.70. The molecule has 0 heterocycles. The van der Waals surface area contributed by atoms with E-state index in [4.69, 9.17) is 9.84 Å². The van der Waals surface area contributed by atoms with Crippen LogP contribution in [0.15, 0.2) is 42.5 Å². The number of rotatable bonds is 6. The molecular weight excluding hydrogens is 294 g/mol. The van der Waals surface area contributed by atoms with Crippen LogP contribution in [0.5, 0.6) is 5.75 Å². The highest BCUT2D eigenvalue weighted by Gasteiger charge is 2.07. The molecule has 23 heavy (non-hydrogen) atoms. The zero-order valence-corrected chi connectivity index (χ0v) is 13.1. The van der Waals surface area contributed by atoms with Crippen LogP contribution < -0.4 is 10.1 Å². The first-order chi connectivity index (χ1) is 11.0. The number of nitrogens with one attached hydrogen (secondary N) is 1. The summed E-state index contributed by atoms with van der Waals surface area (Å²) in [7, 11) is 0. The molecule has 0 spiro atoms. The summed E-state index contributed by atoms with van der Waals surface area (Å²) in [6.45, 7) is 4.10. The Hall–Kier alpha value is -2.82. The molecule has 0 saturated heterocycles. The SMILES string of the molecule is Cc1ccc(OCC(=O)NCc2cccc(C(=O)O)c2)c(C)c1. The minimum absolute atomic E-state index is 0.0808. The van der Waals surface area contributed by atoms with Gasteiger partial charge in [-0.3, -0.25) is 4.79 Å². The van der Waals surface area contributed by atoms with E-state index in [2.05, 4.69) is 5.32 Å². The molecule has 0 aliphatic heterocycles. The molecule has 2 aromatic rings. The van der Waals surface area contributed by atoms with Crippen molar-refractivity contribution in [2.24, 2.45) is 0 Å². The number of ether oxygens (including phenoxy) is 1. The summed E-state index contributed by atoms with van der Waals surface area (Å²) in [6.07, 6.45) is 0. The second-order valence-electron chi connectivity index (χ2n) is 5.34. The van der Waals surface area contributed by atoms with Crippen molar-refractivity contribution in [3.05, 3.63) is 64.7 Å². The maximum Gasteiger partial charge on any atom is 0.335 e. The van der Waals surface area contributed by atoms with Crippen LogP contribution in [-0.2, 0) is 11.3 Å². The van der Waals surface area contributed by atoms with Crippen molar-refractivity contribution in [2.75, 3.05) is 6.61 Å². The van der Waals surface area contributed by atoms with Gasteiger partial charge >= 0.3 is 5.97 Å². The van der Waals surface area contributed by atoms with Crippen molar-refractivity contribution < 1.29 is 19.4 Å². The molecule has 5 heteroatoms. The monoisotopic (exact) mass is 313 g/mol. The van der Waals surface area contributed by atoms with Crippen molar-refractivity contribution >= 4 is 11.9 Å². The molecule has 2 aromatic carbocycles. The Morgan fingerprint density at radius 3 is 2.61 bits per heavy atom. The molecule has 0 fully saturated rings. The third kappa shape index (κ3) is 4.85. The molecule has 2 N–H and O–H groups in total. The van der Waals surface area contributed by atoms with E-state index in [1.807, 2.05) is 32.0 Å². The van der Waals surface area contributed by atoms with E-state index in [0.717, 1.165) is 16.7 Å². The maximum absolute atomic E-state index is 11.8. The number of aryl methyl sites for hydroxylation is 2. The predicted molar refractivity (Wildman–Crippen MR) is 86.7 cm³/mol. The van der Waals surface area contributed by atoms with Crippen molar-refractivity contribution in [2.45, 2.75) is 20.4 Å². The van der Waals surface area contributed by atoms with Crippen LogP contribution in [0.1, 0.15) is 27.0 Å². The van der Waals surface area contributed by atoms with E-state index in [1.165, 1.54) is 12.1 Å². The molecule has 0 atom stereocenters. The van der Waals surface area contributed by atoms with Gasteiger partial charge in [0.1, 0.15) is 5.75 Å². The van der Waals surface area contributed by atoms with Crippen LogP contribution in [0.2, 0.25) is 0 Å². The molecular formula is C18H19NO4. The molecule has 120 valence electrons. The average Bonchev–Trinajstić information content (AvgIpc) is 2.52. The van der Waals surface area contributed by atoms with E-state index < -0.39 is 5.97 Å². The Morgan fingerprint density at radius 2 is 1.91 bits per heavy atom. The number of carboxylic acid groups (broad SMARTS) is 1. The number of carbonyl (C=O) groups is 2. The van der Waals surface area contributed by atoms with E-state index in [9.17, 15) is 9.59 Å². The van der Waals surface area contributed by atoms with Gasteiger partial charge in [0.15, 0.2) is 6.61 Å². The Morgan fingerprint density at radius 1 is 1.13 bits per heavy atom. The molecule has 5 nitrogen and oxygen atoms in total. The number of amides is 1. The van der Waals surface area contributed by atoms with E-state index in [1.54, 1.807) is 12.1 Å². The molecule has 1 amide bonds. The highest BCUT2D eigenvalue weighted by molar-refractivity contribution is 5.87. The Kier molecular flexibility index (Phi) is 5.36. The van der Waals surface area contributed by atoms with Gasteiger partial charge in [-0.15, -0.1) is 0 Å². The summed E-state index contributed by atoms with van der Waals surface area (Å²) >= 11 is 0. The summed E-state index contributed by atoms with van der Waals surface area (Å²) in [5.41, 5.74) is 3.04. The Balaban J connectivity index is 1.85. The number of carboxylic acids is 1. The largest absolute Gasteiger partial charge is 0.484 e. The van der Waals surface area contributed by atoms with Gasteiger partial charge in [0.05, 0.1) is 5.56 Å². The van der Waals surface area contributed by atoms with Gasteiger partial charge in [-0.05, 0) is 43.2 Å². The average molecular weight is 313 g/mol. The molecule has 0 aliphatic rings. The molecule has 0 radical (unpaired) electrons. The topological polar surface area (TPSA) is 75.6 Å². The van der Waals surface area contributed by atoms with Crippen LogP contribution in [0, 0.1) is 13.8 Å². The first-order valence-corrected chi connectivity index (χ1v) is 7.24. The third-order valence-electron chi connectivity index (χ3n) is 3.35. The normalized spacial score (nSPS) is 10.2. The smallest absolute Gasteiger partial charge is 0.335 e. The van der Waals surface area contributed by atoms with Crippen LogP contribution in [0.25, 0.3) is 0 Å². The lowest BCUT2D eigenvalue weighted by molar-refractivity contribution is -0.123. The molecule has 0 unspecified atom stereocenters. The Bertz CT molecular complexity index is 725. The summed E-state index contributed by atoms with van der Waals surface area (Å²) in [5.74, 6) is -0.569. The zero-order valence-electron chi connectivity index (χ0n) is 13.1. The second-order valence-corrected chi connectivity index (χ2v) is 5.34. The minimum Gasteiger partial charge on any atom is -0.484 e. The van der Waals surface area contributed by atoms with E-state index in [-0.39, 0.29) is 24.6 Å². The summed E-state index contributed by atoms with van der Waals surface area (Å²) in [6, 6.07) is 12.2. The third-order valence-corrected chi connectivity index (χ3v) is 3.35. The molecule has 0 aromatic heterocycles. The van der Waals surface area contributed by atoms with Crippen molar-refractivity contribution in [3.8, 4) is 5.75 Å². The molecule has 0 bridgehead atoms. The lowest BCUT2D eigenvalue weighted by atomic mass is 10.1. The van der Waals surface area contributed by atoms with E-state index in [0.29, 0.717) is 5.75 Å². The Labute approximate surface area is 134 Å². The highest BCUT2D eigenvalue weighted by Crippen LogP contribution is 2.18. The fraction of sp³-hybridized carbons (Fsp3) is 0.222. The van der Waals surface area contributed by atoms with Gasteiger partial charge in [-0.1, -0.05) is 29.8 Å². The van der Waals surface area contributed by atoms with Crippen molar-refractivity contribution in [1.29, 1.82) is 0 Å². The second kappa shape index (κ2) is 7.45. The van der Waals surface area contributed by atoms with E-state index >= 15 is 0 Å². The van der Waals surface area contributed by atoms with Gasteiger partial charge in [0.2, 0.25) is 0 Å². The summed E-state index contributed by atoms with van der Waals surface area (Å²) < 4.78 is 5.50. The first-order valence-electron chi connectivity index (χ1n) is 7.24. The van der Waals surface area contributed by atoms with Gasteiger partial charge in [-0.2, -0.15) is 0 Å². The van der Waals surface area contributed by atoms with Crippen molar-refractivity contribution in [1.82, 2.24) is 5.32 Å². The number of carbonyl (C=O) groups excluding carboxylic acids is 1. The standard InChI is InChI=1S/C18H19NO4/c1-12-6-7-16(13(2)8-12)23-11-17(20)19-10-14-4-3-5-15(9-14)18(21)22/h3-9H,10-11H2,1-2H3,(H,19,20)(H,21,22). The fourth-order valence-electron chi connectivity index (χ4n) is 2.17. The number of hydrogen-bond donors (Lipinski definition) is 2. The fourth-order valence-corrected chi connectivity index (χ4v) is 2.17. The number of hydrogen-bond acceptors (Lipinski definition) is 3. The van der Waals surface area contributed by atoms with Crippen LogP contribution in [0.3, 0.4) is 0 Å². The zero-order chi connectivity index (χ0) is 16.8. The highest BCUT2D eigenvalue weighted by atomic mass is 16.5. The molecule has 0 aliphatic carbocycles. The lowest BCUT2D eigenvalue weighted by Crippen LogP contribution is -2.28. The van der Waals surface area contributed by atoms with Crippen molar-refractivity contribution in [3.63, 3.8) is 0 Å². The van der Waals surface area contributed by atoms with Crippen LogP contribution in [-0.4, -0.2) is 23.6 Å². The lowest BCUT2D eigenvalue weighted by Gasteiger charge is -2.10. The molecule has 0 saturated carbocycles. The van der Waals surface area contributed by atoms with Gasteiger partial charge in [-0.25, -0.2) is 4.79 Å². The van der Waals surface area contributed by atoms with Crippen LogP contribution in [0.4, 0.5) is 0 Å². The number of benzene rings is 2. The van der Waals surface area contributed by atoms with Gasteiger partial charge in [0.25, 0.3) is 5.91 Å². The minimum atomic E-state index is -0.989. The quantitative estimate of drug-likeness (QED) is 0.860. The number of aromatic carboxylic acids is 1.